The Morgan fingerprint density at radius 3 is 2.58 bits per heavy atom. The zero-order valence-electron chi connectivity index (χ0n) is 15.2. The van der Waals surface area contributed by atoms with Gasteiger partial charge >= 0.3 is 0 Å². The zero-order chi connectivity index (χ0) is 17.8. The quantitative estimate of drug-likeness (QED) is 0.530. The number of rotatable bonds is 6. The van der Waals surface area contributed by atoms with Crippen LogP contribution < -0.4 is 26.4 Å². The first-order valence-electron chi connectivity index (χ1n) is 8.34. The summed E-state index contributed by atoms with van der Waals surface area (Å²) in [6, 6.07) is 16.7. The number of carbonyl (C=O) groups is 1. The van der Waals surface area contributed by atoms with Crippen LogP contribution in [-0.4, -0.2) is 26.2 Å². The molecular formula is C20H23BrN2O2S. The van der Waals surface area contributed by atoms with Crippen molar-refractivity contribution in [3.8, 4) is 0 Å². The fourth-order valence-electron chi connectivity index (χ4n) is 2.97. The zero-order valence-corrected chi connectivity index (χ0v) is 17.6. The molecule has 0 N–H and O–H groups in total. The molecule has 0 unspecified atom stereocenters. The minimum absolute atomic E-state index is 0. The number of aryl methyl sites for hydroxylation is 1. The van der Waals surface area contributed by atoms with Crippen LogP contribution in [0.5, 0.6) is 0 Å². The van der Waals surface area contributed by atoms with Gasteiger partial charge in [0.05, 0.1) is 12.3 Å². The average molecular weight is 435 g/mol. The van der Waals surface area contributed by atoms with E-state index < -0.39 is 0 Å². The molecule has 0 aliphatic rings. The Morgan fingerprint density at radius 1 is 1.19 bits per heavy atom. The maximum atomic E-state index is 12.0. The van der Waals surface area contributed by atoms with Gasteiger partial charge in [0, 0.05) is 39.1 Å². The third-order valence-electron chi connectivity index (χ3n) is 4.27. The van der Waals surface area contributed by atoms with Gasteiger partial charge in [0.2, 0.25) is 16.4 Å². The van der Waals surface area contributed by atoms with Crippen molar-refractivity contribution in [1.29, 1.82) is 0 Å². The topological polar surface area (TPSA) is 33.4 Å². The fraction of sp³-hybridized carbons (Fsp3) is 0.300. The smallest absolute Gasteiger partial charge is 0.235 e. The number of halogens is 1. The molecule has 0 radical (unpaired) electrons. The molecule has 0 saturated heterocycles. The lowest BCUT2D eigenvalue weighted by atomic mass is 10.2. The molecule has 0 spiro atoms. The molecule has 3 rings (SSSR count). The Bertz CT molecular complexity index is 880. The van der Waals surface area contributed by atoms with Crippen LogP contribution in [0.4, 0.5) is 5.69 Å². The minimum atomic E-state index is 0. The second-order valence-electron chi connectivity index (χ2n) is 6.01. The molecule has 0 bridgehead atoms. The first-order valence-corrected chi connectivity index (χ1v) is 9.15. The number of methoxy groups -OCH3 is 1. The van der Waals surface area contributed by atoms with E-state index in [1.54, 1.807) is 30.3 Å². The fourth-order valence-corrected chi connectivity index (χ4v) is 3.97. The van der Waals surface area contributed by atoms with Gasteiger partial charge in [-0.05, 0) is 12.1 Å². The monoisotopic (exact) mass is 434 g/mol. The van der Waals surface area contributed by atoms with E-state index in [-0.39, 0.29) is 22.9 Å². The molecular weight excluding hydrogens is 412 g/mol. The number of nitrogens with zero attached hydrogens (tertiary/aromatic N) is 2. The van der Waals surface area contributed by atoms with Crippen LogP contribution in [0.25, 0.3) is 10.2 Å². The van der Waals surface area contributed by atoms with Gasteiger partial charge < -0.3 is 26.6 Å². The minimum Gasteiger partial charge on any atom is -1.00 e. The largest absolute Gasteiger partial charge is 1.00 e. The molecule has 0 aliphatic carbocycles. The van der Waals surface area contributed by atoms with Gasteiger partial charge in [-0.1, -0.05) is 41.7 Å². The number of ether oxygens (including phenoxy) is 1. The van der Waals surface area contributed by atoms with Gasteiger partial charge in [0.15, 0.2) is 6.54 Å². The number of benzene rings is 2. The number of carbonyl (C=O) groups excluding carboxylic acids is 1. The third-order valence-corrected chi connectivity index (χ3v) is 5.35. The Labute approximate surface area is 168 Å². The summed E-state index contributed by atoms with van der Waals surface area (Å²) < 4.78 is 8.68. The van der Waals surface area contributed by atoms with Crippen LogP contribution in [0.15, 0.2) is 48.5 Å². The Balaban J connectivity index is 0.00000243. The predicted molar refractivity (Wildman–Crippen MR) is 102 cm³/mol. The molecule has 4 nitrogen and oxygen atoms in total. The highest BCUT2D eigenvalue weighted by atomic mass is 79.9. The maximum Gasteiger partial charge on any atom is 0.235 e. The predicted octanol–water partition coefficient (Wildman–Crippen LogP) is 0.549. The number of hydrogen-bond acceptors (Lipinski definition) is 3. The molecule has 138 valence electrons. The number of anilines is 1. The molecule has 1 amide bonds. The van der Waals surface area contributed by atoms with Crippen molar-refractivity contribution in [2.75, 3.05) is 25.2 Å². The molecule has 0 atom stereocenters. The van der Waals surface area contributed by atoms with Crippen LogP contribution in [0.2, 0.25) is 0 Å². The van der Waals surface area contributed by atoms with Crippen LogP contribution in [0.1, 0.15) is 17.5 Å². The molecule has 0 fully saturated rings. The van der Waals surface area contributed by atoms with E-state index in [4.69, 9.17) is 4.74 Å². The number of hydrogen-bond donors (Lipinski definition) is 0. The van der Waals surface area contributed by atoms with Crippen molar-refractivity contribution < 1.29 is 31.1 Å². The number of thiazole rings is 1. The SMILES string of the molecule is COCCN(C(C)=O)c1ccc2sc(C)[n+](Cc3ccccc3)c2c1.[Br-]. The van der Waals surface area contributed by atoms with Crippen LogP contribution in [0.3, 0.4) is 0 Å². The second-order valence-corrected chi connectivity index (χ2v) is 7.24. The summed E-state index contributed by atoms with van der Waals surface area (Å²) in [7, 11) is 1.65. The highest BCUT2D eigenvalue weighted by Crippen LogP contribution is 2.26. The van der Waals surface area contributed by atoms with Gasteiger partial charge in [0.25, 0.3) is 0 Å². The van der Waals surface area contributed by atoms with Crippen molar-refractivity contribution in [3.05, 3.63) is 59.1 Å². The van der Waals surface area contributed by atoms with Crippen LogP contribution in [-0.2, 0) is 16.1 Å². The number of aromatic nitrogens is 1. The Morgan fingerprint density at radius 2 is 1.92 bits per heavy atom. The third kappa shape index (κ3) is 4.50. The van der Waals surface area contributed by atoms with E-state index in [1.807, 2.05) is 12.1 Å². The van der Waals surface area contributed by atoms with Crippen molar-refractivity contribution in [2.45, 2.75) is 20.4 Å². The van der Waals surface area contributed by atoms with E-state index >= 15 is 0 Å². The van der Waals surface area contributed by atoms with E-state index in [1.165, 1.54) is 15.3 Å². The first-order chi connectivity index (χ1) is 12.1. The molecule has 6 heteroatoms. The molecule has 1 aromatic heterocycles. The summed E-state index contributed by atoms with van der Waals surface area (Å²) in [5.41, 5.74) is 3.34. The number of fused-ring (bicyclic) bond motifs is 1. The summed E-state index contributed by atoms with van der Waals surface area (Å²) in [6.45, 7) is 5.63. The van der Waals surface area contributed by atoms with Gasteiger partial charge in [-0.3, -0.25) is 4.79 Å². The maximum absolute atomic E-state index is 12.0. The normalized spacial score (nSPS) is 10.6. The van der Waals surface area contributed by atoms with E-state index in [9.17, 15) is 4.79 Å². The standard InChI is InChI=1S/C20H23N2O2S.BrH/c1-15(23)21(11-12-24-3)18-9-10-20-19(13-18)22(16(2)25-20)14-17-7-5-4-6-8-17;/h4-10,13H,11-12,14H2,1-3H3;1H/q+1;/p-1. The molecule has 26 heavy (non-hydrogen) atoms. The van der Waals surface area contributed by atoms with Gasteiger partial charge in [-0.15, -0.1) is 0 Å². The van der Waals surface area contributed by atoms with E-state index in [2.05, 4.69) is 47.9 Å². The lowest BCUT2D eigenvalue weighted by Crippen LogP contribution is -3.00. The van der Waals surface area contributed by atoms with Crippen molar-refractivity contribution >= 4 is 33.1 Å². The summed E-state index contributed by atoms with van der Waals surface area (Å²) in [5.74, 6) is 0.0259. The summed E-state index contributed by atoms with van der Waals surface area (Å²) >= 11 is 1.78. The summed E-state index contributed by atoms with van der Waals surface area (Å²) in [5, 5.41) is 1.25. The van der Waals surface area contributed by atoms with Crippen LogP contribution in [0, 0.1) is 6.92 Å². The Kier molecular flexibility index (Phi) is 7.32. The number of amides is 1. The van der Waals surface area contributed by atoms with Crippen molar-refractivity contribution in [1.82, 2.24) is 0 Å². The molecule has 0 saturated carbocycles. The average Bonchev–Trinajstić information content (AvgIpc) is 2.91. The Hall–Kier alpha value is -1.76. The summed E-state index contributed by atoms with van der Waals surface area (Å²) in [6.07, 6.45) is 0. The van der Waals surface area contributed by atoms with Crippen molar-refractivity contribution in [2.24, 2.45) is 0 Å². The molecule has 2 aromatic carbocycles. The van der Waals surface area contributed by atoms with Gasteiger partial charge in [-0.2, -0.15) is 4.57 Å². The van der Waals surface area contributed by atoms with E-state index in [0.717, 1.165) is 17.7 Å². The lowest BCUT2D eigenvalue weighted by Gasteiger charge is -2.20. The highest BCUT2D eigenvalue weighted by molar-refractivity contribution is 7.18. The van der Waals surface area contributed by atoms with Crippen LogP contribution >= 0.6 is 11.3 Å². The second kappa shape index (κ2) is 9.26. The van der Waals surface area contributed by atoms with Gasteiger partial charge in [0.1, 0.15) is 4.70 Å². The first kappa shape index (κ1) is 20.6. The summed E-state index contributed by atoms with van der Waals surface area (Å²) in [4.78, 5) is 13.8. The highest BCUT2D eigenvalue weighted by Gasteiger charge is 2.20. The van der Waals surface area contributed by atoms with Crippen molar-refractivity contribution in [3.63, 3.8) is 0 Å². The molecule has 1 heterocycles. The van der Waals surface area contributed by atoms with Gasteiger partial charge in [-0.25, -0.2) is 0 Å². The van der Waals surface area contributed by atoms with E-state index in [0.29, 0.717) is 13.2 Å². The molecule has 3 aromatic rings. The lowest BCUT2D eigenvalue weighted by molar-refractivity contribution is -0.663. The molecule has 0 aliphatic heterocycles.